The van der Waals surface area contributed by atoms with Crippen LogP contribution in [-0.4, -0.2) is 41.9 Å². The first-order valence-electron chi connectivity index (χ1n) is 12.4. The summed E-state index contributed by atoms with van der Waals surface area (Å²) in [6.45, 7) is 3.52. The molecule has 0 radical (unpaired) electrons. The zero-order chi connectivity index (χ0) is 22.2. The minimum absolute atomic E-state index is 0.274. The van der Waals surface area contributed by atoms with Crippen LogP contribution < -0.4 is 4.74 Å². The molecule has 1 aromatic heterocycles. The Morgan fingerprint density at radius 3 is 2.56 bits per heavy atom. The van der Waals surface area contributed by atoms with E-state index in [0.29, 0.717) is 18.6 Å². The Hall–Kier alpha value is -1.85. The van der Waals surface area contributed by atoms with Crippen LogP contribution in [0.5, 0.6) is 5.75 Å². The molecule has 4 nitrogen and oxygen atoms in total. The number of benzene rings is 1. The average molecular weight is 455 g/mol. The standard InChI is InChI=1S/C27H38N2O2S/c1-28(21-26-11-7-19-32-26)20-22-12-14-25(15-13-22)31-18-16-24-10-5-6-17-29(24)27(30)23-8-3-2-4-9-23/h7,11-15,19,23-24H,2-6,8-10,16-18,20-21H2,1H3/t24-/m0/s1. The van der Waals surface area contributed by atoms with Crippen molar-refractivity contribution in [2.75, 3.05) is 20.2 Å². The van der Waals surface area contributed by atoms with E-state index < -0.39 is 0 Å². The summed E-state index contributed by atoms with van der Waals surface area (Å²) in [4.78, 5) is 19.0. The quantitative estimate of drug-likeness (QED) is 0.458. The summed E-state index contributed by atoms with van der Waals surface area (Å²) in [5, 5.41) is 2.13. The fraction of sp³-hybridized carbons (Fsp3) is 0.593. The lowest BCUT2D eigenvalue weighted by Gasteiger charge is -2.38. The molecule has 1 aromatic carbocycles. The molecular formula is C27H38N2O2S. The molecule has 2 heterocycles. The third-order valence-electron chi connectivity index (χ3n) is 6.97. The molecule has 1 aliphatic heterocycles. The number of ether oxygens (including phenoxy) is 1. The Bertz CT molecular complexity index is 815. The van der Waals surface area contributed by atoms with E-state index >= 15 is 0 Å². The highest BCUT2D eigenvalue weighted by Gasteiger charge is 2.31. The van der Waals surface area contributed by atoms with E-state index in [9.17, 15) is 4.79 Å². The van der Waals surface area contributed by atoms with Gasteiger partial charge < -0.3 is 9.64 Å². The van der Waals surface area contributed by atoms with Crippen LogP contribution in [0, 0.1) is 5.92 Å². The lowest BCUT2D eigenvalue weighted by Crippen LogP contribution is -2.47. The Balaban J connectivity index is 1.22. The van der Waals surface area contributed by atoms with Crippen molar-refractivity contribution in [1.82, 2.24) is 9.80 Å². The summed E-state index contributed by atoms with van der Waals surface area (Å²) in [7, 11) is 2.16. The van der Waals surface area contributed by atoms with Crippen molar-refractivity contribution >= 4 is 17.2 Å². The van der Waals surface area contributed by atoms with Crippen LogP contribution in [-0.2, 0) is 17.9 Å². The summed E-state index contributed by atoms with van der Waals surface area (Å²) >= 11 is 1.81. The molecule has 174 valence electrons. The Labute approximate surface area is 197 Å². The average Bonchev–Trinajstić information content (AvgIpc) is 3.33. The van der Waals surface area contributed by atoms with E-state index in [-0.39, 0.29) is 5.92 Å². The molecule has 0 unspecified atom stereocenters. The Kier molecular flexibility index (Phi) is 8.63. The number of hydrogen-bond acceptors (Lipinski definition) is 4. The van der Waals surface area contributed by atoms with Crippen LogP contribution in [0.25, 0.3) is 0 Å². The summed E-state index contributed by atoms with van der Waals surface area (Å²) in [6.07, 6.45) is 10.4. The molecule has 2 fully saturated rings. The van der Waals surface area contributed by atoms with E-state index in [1.807, 2.05) is 11.3 Å². The zero-order valence-corrected chi connectivity index (χ0v) is 20.3. The van der Waals surface area contributed by atoms with Crippen LogP contribution in [0.2, 0.25) is 0 Å². The second kappa shape index (κ2) is 11.9. The maximum Gasteiger partial charge on any atom is 0.225 e. The predicted octanol–water partition coefficient (Wildman–Crippen LogP) is 6.11. The second-order valence-electron chi connectivity index (χ2n) is 9.55. The largest absolute Gasteiger partial charge is 0.494 e. The molecule has 1 atom stereocenters. The van der Waals surface area contributed by atoms with Crippen LogP contribution in [0.4, 0.5) is 0 Å². The number of rotatable bonds is 9. The van der Waals surface area contributed by atoms with Crippen molar-refractivity contribution in [3.8, 4) is 5.75 Å². The van der Waals surface area contributed by atoms with Crippen LogP contribution in [0.3, 0.4) is 0 Å². The number of carbonyl (C=O) groups is 1. The van der Waals surface area contributed by atoms with Crippen molar-refractivity contribution in [1.29, 1.82) is 0 Å². The van der Waals surface area contributed by atoms with E-state index in [1.165, 1.54) is 36.1 Å². The zero-order valence-electron chi connectivity index (χ0n) is 19.5. The lowest BCUT2D eigenvalue weighted by molar-refractivity contribution is -0.140. The summed E-state index contributed by atoms with van der Waals surface area (Å²) in [6, 6.07) is 13.1. The smallest absolute Gasteiger partial charge is 0.225 e. The van der Waals surface area contributed by atoms with Gasteiger partial charge in [-0.05, 0) is 68.3 Å². The molecule has 1 amide bonds. The molecule has 4 rings (SSSR count). The molecule has 2 aliphatic rings. The van der Waals surface area contributed by atoms with Crippen molar-refractivity contribution in [2.45, 2.75) is 76.9 Å². The van der Waals surface area contributed by atoms with Gasteiger partial charge in [0.05, 0.1) is 6.61 Å². The number of carbonyl (C=O) groups excluding carboxylic acids is 1. The number of thiophene rings is 1. The van der Waals surface area contributed by atoms with Crippen molar-refractivity contribution < 1.29 is 9.53 Å². The number of likely N-dealkylation sites (tertiary alicyclic amines) is 1. The van der Waals surface area contributed by atoms with Gasteiger partial charge in [-0.2, -0.15) is 0 Å². The van der Waals surface area contributed by atoms with E-state index in [1.54, 1.807) is 0 Å². The monoisotopic (exact) mass is 454 g/mol. The Morgan fingerprint density at radius 1 is 1.03 bits per heavy atom. The molecule has 0 bridgehead atoms. The SMILES string of the molecule is CN(Cc1ccc(OCC[C@@H]2CCCCN2C(=O)C2CCCCC2)cc1)Cc1cccs1. The van der Waals surface area contributed by atoms with Gasteiger partial charge in [-0.25, -0.2) is 0 Å². The first-order chi connectivity index (χ1) is 15.7. The minimum atomic E-state index is 0.274. The summed E-state index contributed by atoms with van der Waals surface area (Å²) in [5.74, 6) is 1.62. The predicted molar refractivity (Wildman–Crippen MR) is 132 cm³/mol. The number of hydrogen-bond donors (Lipinski definition) is 0. The third-order valence-corrected chi connectivity index (χ3v) is 7.83. The molecule has 0 N–H and O–H groups in total. The number of nitrogens with zero attached hydrogens (tertiary/aromatic N) is 2. The molecular weight excluding hydrogens is 416 g/mol. The first-order valence-corrected chi connectivity index (χ1v) is 13.3. The molecule has 1 aliphatic carbocycles. The number of piperidine rings is 1. The molecule has 5 heteroatoms. The van der Waals surface area contributed by atoms with E-state index in [0.717, 1.165) is 57.5 Å². The normalized spacial score (nSPS) is 19.9. The van der Waals surface area contributed by atoms with Gasteiger partial charge in [-0.3, -0.25) is 9.69 Å². The van der Waals surface area contributed by atoms with Crippen molar-refractivity contribution in [3.63, 3.8) is 0 Å². The molecule has 0 spiro atoms. The van der Waals surface area contributed by atoms with Gasteiger partial charge in [0.25, 0.3) is 0 Å². The maximum atomic E-state index is 13.1. The fourth-order valence-electron chi connectivity index (χ4n) is 5.21. The van der Waals surface area contributed by atoms with Gasteiger partial charge in [0.15, 0.2) is 0 Å². The second-order valence-corrected chi connectivity index (χ2v) is 10.6. The fourth-order valence-corrected chi connectivity index (χ4v) is 6.00. The van der Waals surface area contributed by atoms with E-state index in [2.05, 4.69) is 58.6 Å². The van der Waals surface area contributed by atoms with Gasteiger partial charge in [-0.1, -0.05) is 37.5 Å². The molecule has 1 saturated carbocycles. The molecule has 1 saturated heterocycles. The van der Waals surface area contributed by atoms with Crippen LogP contribution in [0.15, 0.2) is 41.8 Å². The highest BCUT2D eigenvalue weighted by Crippen LogP contribution is 2.29. The van der Waals surface area contributed by atoms with E-state index in [4.69, 9.17) is 4.74 Å². The number of amides is 1. The maximum absolute atomic E-state index is 13.1. The third kappa shape index (κ3) is 6.58. The highest BCUT2D eigenvalue weighted by atomic mass is 32.1. The lowest BCUT2D eigenvalue weighted by atomic mass is 9.87. The first kappa shape index (κ1) is 23.3. The van der Waals surface area contributed by atoms with Gasteiger partial charge in [0, 0.05) is 42.9 Å². The highest BCUT2D eigenvalue weighted by molar-refractivity contribution is 7.09. The van der Waals surface area contributed by atoms with Gasteiger partial charge in [0.1, 0.15) is 5.75 Å². The van der Waals surface area contributed by atoms with Crippen molar-refractivity contribution in [2.24, 2.45) is 5.92 Å². The molecule has 2 aromatic rings. The van der Waals surface area contributed by atoms with Crippen LogP contribution in [0.1, 0.15) is 68.2 Å². The van der Waals surface area contributed by atoms with Crippen LogP contribution >= 0.6 is 11.3 Å². The minimum Gasteiger partial charge on any atom is -0.494 e. The summed E-state index contributed by atoms with van der Waals surface area (Å²) in [5.41, 5.74) is 1.30. The van der Waals surface area contributed by atoms with Gasteiger partial charge in [-0.15, -0.1) is 11.3 Å². The summed E-state index contributed by atoms with van der Waals surface area (Å²) < 4.78 is 6.08. The topological polar surface area (TPSA) is 32.8 Å². The van der Waals surface area contributed by atoms with Gasteiger partial charge in [0.2, 0.25) is 5.91 Å². The van der Waals surface area contributed by atoms with Gasteiger partial charge >= 0.3 is 0 Å². The van der Waals surface area contributed by atoms with Crippen molar-refractivity contribution in [3.05, 3.63) is 52.2 Å². The molecule has 32 heavy (non-hydrogen) atoms. The Morgan fingerprint density at radius 2 is 1.81 bits per heavy atom.